The Labute approximate surface area is 87.7 Å². The van der Waals surface area contributed by atoms with Crippen LogP contribution in [0.4, 0.5) is 5.13 Å². The van der Waals surface area contributed by atoms with Gasteiger partial charge in [0, 0.05) is 16.8 Å². The molecule has 2 aliphatic rings. The first-order valence-corrected chi connectivity index (χ1v) is 6.14. The third-order valence-electron chi connectivity index (χ3n) is 3.36. The van der Waals surface area contributed by atoms with Crippen molar-refractivity contribution >= 4 is 16.5 Å². The van der Waals surface area contributed by atoms with Crippen LogP contribution in [0.15, 0.2) is 0 Å². The zero-order valence-corrected chi connectivity index (χ0v) is 8.94. The summed E-state index contributed by atoms with van der Waals surface area (Å²) in [5.74, 6) is 0.640. The molecule has 3 N–H and O–H groups in total. The molecule has 76 valence electrons. The molecule has 0 unspecified atom stereocenters. The van der Waals surface area contributed by atoms with Gasteiger partial charge in [-0.05, 0) is 32.2 Å². The smallest absolute Gasteiger partial charge is 0.180 e. The summed E-state index contributed by atoms with van der Waals surface area (Å²) in [6, 6.07) is 0.665. The number of rotatable bonds is 0. The average Bonchev–Trinajstić information content (AvgIpc) is 2.59. The SMILES string of the molecule is Nc1nc2c(s1)CC[C@H]1NCCC[C@@H]21. The molecule has 1 fully saturated rings. The minimum Gasteiger partial charge on any atom is -0.375 e. The quantitative estimate of drug-likeness (QED) is 0.681. The van der Waals surface area contributed by atoms with Crippen LogP contribution in [-0.2, 0) is 6.42 Å². The van der Waals surface area contributed by atoms with Gasteiger partial charge >= 0.3 is 0 Å². The zero-order valence-electron chi connectivity index (χ0n) is 8.12. The molecule has 3 nitrogen and oxygen atoms in total. The van der Waals surface area contributed by atoms with Gasteiger partial charge in [-0.3, -0.25) is 0 Å². The molecule has 2 atom stereocenters. The molecule has 14 heavy (non-hydrogen) atoms. The number of fused-ring (bicyclic) bond motifs is 3. The van der Waals surface area contributed by atoms with E-state index >= 15 is 0 Å². The number of nitrogen functional groups attached to an aromatic ring is 1. The average molecular weight is 209 g/mol. The van der Waals surface area contributed by atoms with Crippen molar-refractivity contribution in [2.24, 2.45) is 0 Å². The van der Waals surface area contributed by atoms with Crippen LogP contribution < -0.4 is 11.1 Å². The zero-order chi connectivity index (χ0) is 9.54. The number of nitrogens with one attached hydrogen (secondary N) is 1. The van der Waals surface area contributed by atoms with Crippen molar-refractivity contribution in [3.63, 3.8) is 0 Å². The number of anilines is 1. The Bertz CT molecular complexity index is 347. The van der Waals surface area contributed by atoms with Gasteiger partial charge in [-0.2, -0.15) is 0 Å². The van der Waals surface area contributed by atoms with Crippen LogP contribution in [0.3, 0.4) is 0 Å². The first-order chi connectivity index (χ1) is 6.84. The van der Waals surface area contributed by atoms with Crippen molar-refractivity contribution < 1.29 is 0 Å². The standard InChI is InChI=1S/C10H15N3S/c11-10-13-9-6-2-1-5-12-7(6)3-4-8(9)14-10/h6-7,12H,1-5H2,(H2,11,13)/t6-,7-/m1/s1. The number of nitrogens with two attached hydrogens (primary N) is 1. The number of piperidine rings is 1. The van der Waals surface area contributed by atoms with Crippen LogP contribution >= 0.6 is 11.3 Å². The lowest BCUT2D eigenvalue weighted by atomic mass is 9.81. The third kappa shape index (κ3) is 1.25. The predicted molar refractivity (Wildman–Crippen MR) is 58.6 cm³/mol. The van der Waals surface area contributed by atoms with Crippen molar-refractivity contribution in [3.05, 3.63) is 10.6 Å². The van der Waals surface area contributed by atoms with Gasteiger partial charge in [0.1, 0.15) is 0 Å². The third-order valence-corrected chi connectivity index (χ3v) is 4.32. The van der Waals surface area contributed by atoms with E-state index in [1.165, 1.54) is 42.8 Å². The highest BCUT2D eigenvalue weighted by Crippen LogP contribution is 2.39. The van der Waals surface area contributed by atoms with Gasteiger partial charge in [-0.1, -0.05) is 0 Å². The van der Waals surface area contributed by atoms with Gasteiger partial charge in [0.2, 0.25) is 0 Å². The molecule has 1 aromatic heterocycles. The van der Waals surface area contributed by atoms with Gasteiger partial charge in [0.15, 0.2) is 5.13 Å². The molecule has 3 rings (SSSR count). The topological polar surface area (TPSA) is 50.9 Å². The molecule has 4 heteroatoms. The molecular weight excluding hydrogens is 194 g/mol. The van der Waals surface area contributed by atoms with Gasteiger partial charge in [-0.25, -0.2) is 4.98 Å². The molecule has 0 bridgehead atoms. The highest BCUT2D eigenvalue weighted by molar-refractivity contribution is 7.15. The van der Waals surface area contributed by atoms with Crippen molar-refractivity contribution in [3.8, 4) is 0 Å². The second-order valence-corrected chi connectivity index (χ2v) is 5.32. The van der Waals surface area contributed by atoms with Crippen molar-refractivity contribution in [2.45, 2.75) is 37.6 Å². The second kappa shape index (κ2) is 3.21. The molecule has 0 radical (unpaired) electrons. The molecule has 0 aromatic carbocycles. The molecule has 1 aliphatic carbocycles. The fraction of sp³-hybridized carbons (Fsp3) is 0.700. The summed E-state index contributed by atoms with van der Waals surface area (Å²) in [5, 5.41) is 4.35. The maximum Gasteiger partial charge on any atom is 0.180 e. The van der Waals surface area contributed by atoms with Crippen molar-refractivity contribution in [2.75, 3.05) is 12.3 Å². The summed E-state index contributed by atoms with van der Waals surface area (Å²) >= 11 is 1.68. The van der Waals surface area contributed by atoms with Crippen LogP contribution in [0, 0.1) is 0 Å². The second-order valence-electron chi connectivity index (χ2n) is 4.21. The Morgan fingerprint density at radius 3 is 3.29 bits per heavy atom. The monoisotopic (exact) mass is 209 g/mol. The number of hydrogen-bond acceptors (Lipinski definition) is 4. The first kappa shape index (κ1) is 8.68. The van der Waals surface area contributed by atoms with Gasteiger partial charge < -0.3 is 11.1 Å². The van der Waals surface area contributed by atoms with Gasteiger partial charge in [0.25, 0.3) is 0 Å². The molecule has 1 aromatic rings. The molecule has 0 spiro atoms. The Morgan fingerprint density at radius 2 is 2.36 bits per heavy atom. The summed E-state index contributed by atoms with van der Waals surface area (Å²) in [6.07, 6.45) is 4.99. The van der Waals surface area contributed by atoms with Crippen LogP contribution in [0.5, 0.6) is 0 Å². The van der Waals surface area contributed by atoms with Gasteiger partial charge in [0.05, 0.1) is 5.69 Å². The maximum atomic E-state index is 5.77. The van der Waals surface area contributed by atoms with E-state index < -0.39 is 0 Å². The van der Waals surface area contributed by atoms with Crippen LogP contribution in [0.1, 0.15) is 35.8 Å². The van der Waals surface area contributed by atoms with Crippen LogP contribution in [0.2, 0.25) is 0 Å². The summed E-state index contributed by atoms with van der Waals surface area (Å²) in [4.78, 5) is 5.93. The summed E-state index contributed by atoms with van der Waals surface area (Å²) < 4.78 is 0. The highest BCUT2D eigenvalue weighted by atomic mass is 32.1. The normalized spacial score (nSPS) is 30.9. The van der Waals surface area contributed by atoms with Crippen molar-refractivity contribution in [1.82, 2.24) is 10.3 Å². The Balaban J connectivity index is 1.98. The Kier molecular flexibility index (Phi) is 1.99. The van der Waals surface area contributed by atoms with Crippen LogP contribution in [-0.4, -0.2) is 17.6 Å². The fourth-order valence-electron chi connectivity index (χ4n) is 2.72. The Morgan fingerprint density at radius 1 is 1.43 bits per heavy atom. The van der Waals surface area contributed by atoms with E-state index in [0.29, 0.717) is 12.0 Å². The minimum atomic E-state index is 0.640. The fourth-order valence-corrected chi connectivity index (χ4v) is 3.64. The predicted octanol–water partition coefficient (Wildman–Crippen LogP) is 1.51. The van der Waals surface area contributed by atoms with E-state index in [4.69, 9.17) is 5.73 Å². The lowest BCUT2D eigenvalue weighted by Crippen LogP contribution is -2.42. The maximum absolute atomic E-state index is 5.77. The summed E-state index contributed by atoms with van der Waals surface area (Å²) in [5.41, 5.74) is 7.07. The molecule has 0 saturated carbocycles. The summed E-state index contributed by atoms with van der Waals surface area (Å²) in [6.45, 7) is 1.18. The van der Waals surface area contributed by atoms with E-state index in [0.717, 1.165) is 5.13 Å². The highest BCUT2D eigenvalue weighted by Gasteiger charge is 2.33. The number of nitrogens with zero attached hydrogens (tertiary/aromatic N) is 1. The van der Waals surface area contributed by atoms with Gasteiger partial charge in [-0.15, -0.1) is 11.3 Å². The number of thiazole rings is 1. The van der Waals surface area contributed by atoms with E-state index in [1.807, 2.05) is 0 Å². The van der Waals surface area contributed by atoms with E-state index in [2.05, 4.69) is 10.3 Å². The number of hydrogen-bond donors (Lipinski definition) is 2. The van der Waals surface area contributed by atoms with E-state index in [1.54, 1.807) is 11.3 Å². The largest absolute Gasteiger partial charge is 0.375 e. The Hall–Kier alpha value is -0.610. The lowest BCUT2D eigenvalue weighted by Gasteiger charge is -2.35. The minimum absolute atomic E-state index is 0.640. The molecule has 1 saturated heterocycles. The van der Waals surface area contributed by atoms with E-state index in [9.17, 15) is 0 Å². The first-order valence-electron chi connectivity index (χ1n) is 5.33. The molecule has 2 heterocycles. The van der Waals surface area contributed by atoms with Crippen molar-refractivity contribution in [1.29, 1.82) is 0 Å². The number of aromatic nitrogens is 1. The molecule has 1 aliphatic heterocycles. The molecule has 0 amide bonds. The number of aryl methyl sites for hydroxylation is 1. The summed E-state index contributed by atoms with van der Waals surface area (Å²) in [7, 11) is 0. The van der Waals surface area contributed by atoms with Crippen LogP contribution in [0.25, 0.3) is 0 Å². The van der Waals surface area contributed by atoms with E-state index in [-0.39, 0.29) is 0 Å². The lowest BCUT2D eigenvalue weighted by molar-refractivity contribution is 0.316. The molecular formula is C10H15N3S.